The van der Waals surface area contributed by atoms with Crippen molar-refractivity contribution in [2.24, 2.45) is 0 Å². The topological polar surface area (TPSA) is 119 Å². The van der Waals surface area contributed by atoms with Crippen molar-refractivity contribution in [3.05, 3.63) is 10.1 Å². The van der Waals surface area contributed by atoms with Crippen LogP contribution in [0.25, 0.3) is 0 Å². The number of ether oxygens (including phenoxy) is 1. The van der Waals surface area contributed by atoms with E-state index >= 15 is 0 Å². The normalized spacial score (nSPS) is 23.0. The molecule has 1 fully saturated rings. The third kappa shape index (κ3) is 4.27. The molecule has 1 saturated heterocycles. The maximum Gasteiger partial charge on any atom is 0.411 e. The fourth-order valence-electron chi connectivity index (χ4n) is 1.75. The molecule has 1 aliphatic heterocycles. The first kappa shape index (κ1) is 15.0. The van der Waals surface area contributed by atoms with Crippen LogP contribution in [0.15, 0.2) is 0 Å². The molecule has 19 heavy (non-hydrogen) atoms. The van der Waals surface area contributed by atoms with Gasteiger partial charge in [-0.25, -0.2) is 9.59 Å². The summed E-state index contributed by atoms with van der Waals surface area (Å²) >= 11 is 0. The van der Waals surface area contributed by atoms with E-state index in [-0.39, 0.29) is 13.0 Å². The number of carboxylic acid groups (broad SMARTS) is 1. The molecule has 0 radical (unpaired) electrons. The van der Waals surface area contributed by atoms with Crippen molar-refractivity contribution in [3.8, 4) is 0 Å². The lowest BCUT2D eigenvalue weighted by atomic mass is 10.2. The van der Waals surface area contributed by atoms with Gasteiger partial charge in [-0.05, 0) is 20.8 Å². The molecule has 0 spiro atoms. The summed E-state index contributed by atoms with van der Waals surface area (Å²) in [5.41, 5.74) is -0.776. The molecule has 9 heteroatoms. The second-order valence-electron chi connectivity index (χ2n) is 5.17. The minimum atomic E-state index is -1.25. The second-order valence-corrected chi connectivity index (χ2v) is 5.17. The fraction of sp³-hybridized carbons (Fsp3) is 0.800. The van der Waals surface area contributed by atoms with Gasteiger partial charge in [0, 0.05) is 6.42 Å². The van der Waals surface area contributed by atoms with Crippen molar-refractivity contribution in [1.29, 1.82) is 0 Å². The monoisotopic (exact) mass is 276 g/mol. The summed E-state index contributed by atoms with van der Waals surface area (Å²) in [6, 6.07) is -1.18. The standard InChI is InChI=1S/C10H16N2O7/c1-10(2,3)18-9(15)11-5-6(19-12(16)17)4-7(11)8(13)14/h6-7H,4-5H2,1-3H3,(H,13,14)/t6?,7-/m0/s1. The van der Waals surface area contributed by atoms with Gasteiger partial charge in [-0.3, -0.25) is 4.90 Å². The van der Waals surface area contributed by atoms with Crippen LogP contribution in [0.3, 0.4) is 0 Å². The molecule has 1 heterocycles. The zero-order chi connectivity index (χ0) is 14.8. The van der Waals surface area contributed by atoms with Crippen molar-refractivity contribution >= 4 is 12.1 Å². The highest BCUT2D eigenvalue weighted by atomic mass is 17.0. The molecule has 2 atom stereocenters. The quantitative estimate of drug-likeness (QED) is 0.593. The number of hydrogen-bond acceptors (Lipinski definition) is 6. The molecule has 0 aromatic heterocycles. The summed E-state index contributed by atoms with van der Waals surface area (Å²) in [5.74, 6) is -1.25. The van der Waals surface area contributed by atoms with Crippen LogP contribution >= 0.6 is 0 Å². The first-order valence-corrected chi connectivity index (χ1v) is 5.63. The molecule has 1 unspecified atom stereocenters. The zero-order valence-electron chi connectivity index (χ0n) is 10.9. The number of likely N-dealkylation sites (tertiary alicyclic amines) is 1. The first-order valence-electron chi connectivity index (χ1n) is 5.63. The van der Waals surface area contributed by atoms with Crippen LogP contribution in [0, 0.1) is 10.1 Å². The van der Waals surface area contributed by atoms with E-state index in [9.17, 15) is 19.7 Å². The first-order chi connectivity index (χ1) is 8.60. The Bertz CT molecular complexity index is 390. The van der Waals surface area contributed by atoms with E-state index in [0.29, 0.717) is 0 Å². The molecule has 0 aromatic rings. The number of rotatable bonds is 3. The van der Waals surface area contributed by atoms with Gasteiger partial charge in [-0.15, -0.1) is 10.1 Å². The molecule has 9 nitrogen and oxygen atoms in total. The van der Waals surface area contributed by atoms with Crippen molar-refractivity contribution in [1.82, 2.24) is 4.90 Å². The second kappa shape index (κ2) is 5.29. The maximum absolute atomic E-state index is 11.8. The lowest BCUT2D eigenvalue weighted by molar-refractivity contribution is -0.767. The van der Waals surface area contributed by atoms with Gasteiger partial charge >= 0.3 is 12.1 Å². The summed E-state index contributed by atoms with van der Waals surface area (Å²) in [5, 5.41) is 18.2. The smallest absolute Gasteiger partial charge is 0.411 e. The number of amides is 1. The molecule has 0 aromatic carbocycles. The molecule has 1 rings (SSSR count). The summed E-state index contributed by atoms with van der Waals surface area (Å²) in [7, 11) is 0. The predicted molar refractivity (Wildman–Crippen MR) is 60.8 cm³/mol. The Kier molecular flexibility index (Phi) is 4.17. The molecular weight excluding hydrogens is 260 g/mol. The van der Waals surface area contributed by atoms with E-state index in [1.54, 1.807) is 20.8 Å². The molecular formula is C10H16N2O7. The average molecular weight is 276 g/mol. The van der Waals surface area contributed by atoms with E-state index < -0.39 is 34.9 Å². The van der Waals surface area contributed by atoms with E-state index in [1.165, 1.54) is 0 Å². The van der Waals surface area contributed by atoms with Gasteiger partial charge in [0.05, 0.1) is 6.54 Å². The minimum absolute atomic E-state index is 0.143. The lowest BCUT2D eigenvalue weighted by Gasteiger charge is -2.26. The lowest BCUT2D eigenvalue weighted by Crippen LogP contribution is -2.43. The number of carbonyl (C=O) groups excluding carboxylic acids is 1. The van der Waals surface area contributed by atoms with Gasteiger partial charge in [0.2, 0.25) is 0 Å². The summed E-state index contributed by atoms with van der Waals surface area (Å²) in [4.78, 5) is 38.3. The Hall–Kier alpha value is -2.06. The average Bonchev–Trinajstić information content (AvgIpc) is 2.57. The van der Waals surface area contributed by atoms with Crippen LogP contribution < -0.4 is 0 Å². The third-order valence-corrected chi connectivity index (χ3v) is 2.41. The minimum Gasteiger partial charge on any atom is -0.480 e. The molecule has 1 N–H and O–H groups in total. The van der Waals surface area contributed by atoms with Crippen molar-refractivity contribution in [2.75, 3.05) is 6.54 Å². The van der Waals surface area contributed by atoms with Crippen LogP contribution in [0.4, 0.5) is 4.79 Å². The summed E-state index contributed by atoms with van der Waals surface area (Å²) in [6.45, 7) is 4.73. The van der Waals surface area contributed by atoms with E-state index in [4.69, 9.17) is 9.84 Å². The van der Waals surface area contributed by atoms with Crippen molar-refractivity contribution in [3.63, 3.8) is 0 Å². The van der Waals surface area contributed by atoms with Crippen LogP contribution in [0.2, 0.25) is 0 Å². The Balaban J connectivity index is 2.76. The van der Waals surface area contributed by atoms with Crippen LogP contribution in [0.5, 0.6) is 0 Å². The SMILES string of the molecule is CC(C)(C)OC(=O)N1CC(O[N+](=O)[O-])C[C@H]1C(=O)O. The number of carbonyl (C=O) groups is 2. The van der Waals surface area contributed by atoms with E-state index in [0.717, 1.165) is 4.90 Å². The molecule has 1 amide bonds. The molecule has 0 bridgehead atoms. The van der Waals surface area contributed by atoms with Gasteiger partial charge in [0.15, 0.2) is 0 Å². The zero-order valence-corrected chi connectivity index (χ0v) is 10.9. The highest BCUT2D eigenvalue weighted by Gasteiger charge is 2.43. The largest absolute Gasteiger partial charge is 0.480 e. The van der Waals surface area contributed by atoms with Crippen LogP contribution in [-0.4, -0.2) is 51.4 Å². The van der Waals surface area contributed by atoms with Crippen molar-refractivity contribution in [2.45, 2.75) is 44.9 Å². The fourth-order valence-corrected chi connectivity index (χ4v) is 1.75. The number of carboxylic acids is 1. The number of hydrogen-bond donors (Lipinski definition) is 1. The Morgan fingerprint density at radius 2 is 2.00 bits per heavy atom. The highest BCUT2D eigenvalue weighted by Crippen LogP contribution is 2.23. The molecule has 0 saturated carbocycles. The van der Waals surface area contributed by atoms with Crippen molar-refractivity contribution < 1.29 is 29.4 Å². The highest BCUT2D eigenvalue weighted by molar-refractivity contribution is 5.81. The number of aliphatic carboxylic acids is 1. The van der Waals surface area contributed by atoms with Crippen LogP contribution in [0.1, 0.15) is 27.2 Å². The predicted octanol–water partition coefficient (Wildman–Crippen LogP) is 0.657. The Morgan fingerprint density at radius 3 is 2.42 bits per heavy atom. The van der Waals surface area contributed by atoms with Crippen LogP contribution in [-0.2, 0) is 14.4 Å². The Labute approximate surface area is 109 Å². The van der Waals surface area contributed by atoms with Gasteiger partial charge in [-0.2, -0.15) is 0 Å². The summed E-state index contributed by atoms with van der Waals surface area (Å²) in [6.07, 6.45) is -1.92. The maximum atomic E-state index is 11.8. The Morgan fingerprint density at radius 1 is 1.42 bits per heavy atom. The van der Waals surface area contributed by atoms with E-state index in [1.807, 2.05) is 0 Å². The van der Waals surface area contributed by atoms with Gasteiger partial charge < -0.3 is 14.7 Å². The van der Waals surface area contributed by atoms with Gasteiger partial charge in [-0.1, -0.05) is 0 Å². The van der Waals surface area contributed by atoms with Gasteiger partial charge in [0.25, 0.3) is 5.09 Å². The van der Waals surface area contributed by atoms with E-state index in [2.05, 4.69) is 4.84 Å². The molecule has 1 aliphatic rings. The number of nitrogens with zero attached hydrogens (tertiary/aromatic N) is 2. The molecule has 108 valence electrons. The third-order valence-electron chi connectivity index (χ3n) is 2.41. The molecule has 0 aliphatic carbocycles. The summed E-state index contributed by atoms with van der Waals surface area (Å²) < 4.78 is 5.05. The van der Waals surface area contributed by atoms with Gasteiger partial charge in [0.1, 0.15) is 17.7 Å².